The second-order valence-corrected chi connectivity index (χ2v) is 4.55. The summed E-state index contributed by atoms with van der Waals surface area (Å²) in [5.74, 6) is 0.916. The molecule has 3 nitrogen and oxygen atoms in total. The van der Waals surface area contributed by atoms with E-state index in [4.69, 9.17) is 4.74 Å². The van der Waals surface area contributed by atoms with Gasteiger partial charge in [0.2, 0.25) is 5.91 Å². The highest BCUT2D eigenvalue weighted by Crippen LogP contribution is 2.23. The Morgan fingerprint density at radius 3 is 2.53 bits per heavy atom. The topological polar surface area (TPSA) is 29.5 Å². The number of methoxy groups -OCH3 is 1. The number of carbonyl (C=O) groups is 1. The standard InChI is InChI=1S/C13H18BrNO2/c1-4-15(5-2)13(16)9-10-8-11(17-3)6-7-12(10)14/h6-8H,4-5,9H2,1-3H3. The number of nitrogens with zero attached hydrogens (tertiary/aromatic N) is 1. The number of hydrogen-bond donors (Lipinski definition) is 0. The molecule has 94 valence electrons. The monoisotopic (exact) mass is 299 g/mol. The van der Waals surface area contributed by atoms with Gasteiger partial charge in [-0.05, 0) is 37.6 Å². The van der Waals surface area contributed by atoms with Gasteiger partial charge >= 0.3 is 0 Å². The van der Waals surface area contributed by atoms with Crippen LogP contribution in [0.2, 0.25) is 0 Å². The fraction of sp³-hybridized carbons (Fsp3) is 0.462. The molecule has 0 saturated heterocycles. The molecule has 0 N–H and O–H groups in total. The van der Waals surface area contributed by atoms with Gasteiger partial charge in [-0.1, -0.05) is 15.9 Å². The molecule has 1 aromatic carbocycles. The van der Waals surface area contributed by atoms with Crippen molar-refractivity contribution in [3.8, 4) is 5.75 Å². The van der Waals surface area contributed by atoms with Crippen LogP contribution >= 0.6 is 15.9 Å². The van der Waals surface area contributed by atoms with Crippen LogP contribution in [0.3, 0.4) is 0 Å². The Balaban J connectivity index is 2.83. The molecular formula is C13H18BrNO2. The maximum atomic E-state index is 12.0. The Bertz CT molecular complexity index is 389. The molecular weight excluding hydrogens is 282 g/mol. The lowest BCUT2D eigenvalue weighted by Gasteiger charge is -2.19. The lowest BCUT2D eigenvalue weighted by molar-refractivity contribution is -0.130. The molecule has 0 atom stereocenters. The minimum atomic E-state index is 0.143. The molecule has 0 aliphatic rings. The van der Waals surface area contributed by atoms with E-state index >= 15 is 0 Å². The van der Waals surface area contributed by atoms with Crippen molar-refractivity contribution in [2.75, 3.05) is 20.2 Å². The van der Waals surface area contributed by atoms with E-state index in [0.29, 0.717) is 6.42 Å². The molecule has 1 amide bonds. The smallest absolute Gasteiger partial charge is 0.227 e. The van der Waals surface area contributed by atoms with Crippen molar-refractivity contribution in [1.29, 1.82) is 0 Å². The van der Waals surface area contributed by atoms with Crippen molar-refractivity contribution in [3.05, 3.63) is 28.2 Å². The van der Waals surface area contributed by atoms with E-state index in [1.807, 2.05) is 36.9 Å². The maximum Gasteiger partial charge on any atom is 0.227 e. The van der Waals surface area contributed by atoms with E-state index < -0.39 is 0 Å². The molecule has 0 aliphatic heterocycles. The van der Waals surface area contributed by atoms with Crippen molar-refractivity contribution < 1.29 is 9.53 Å². The van der Waals surface area contributed by atoms with Gasteiger partial charge in [-0.25, -0.2) is 0 Å². The van der Waals surface area contributed by atoms with Gasteiger partial charge in [-0.3, -0.25) is 4.79 Å². The minimum absolute atomic E-state index is 0.143. The largest absolute Gasteiger partial charge is 0.497 e. The third-order valence-corrected chi connectivity index (χ3v) is 3.48. The molecule has 17 heavy (non-hydrogen) atoms. The van der Waals surface area contributed by atoms with Gasteiger partial charge in [-0.15, -0.1) is 0 Å². The van der Waals surface area contributed by atoms with Crippen LogP contribution in [0, 0.1) is 0 Å². The zero-order chi connectivity index (χ0) is 12.8. The average molecular weight is 300 g/mol. The van der Waals surface area contributed by atoms with E-state index in [9.17, 15) is 4.79 Å². The number of ether oxygens (including phenoxy) is 1. The van der Waals surface area contributed by atoms with E-state index in [1.165, 1.54) is 0 Å². The third kappa shape index (κ3) is 3.73. The Hall–Kier alpha value is -1.03. The normalized spacial score (nSPS) is 10.1. The molecule has 1 rings (SSSR count). The summed E-state index contributed by atoms with van der Waals surface area (Å²) in [6.45, 7) is 5.47. The van der Waals surface area contributed by atoms with Gasteiger partial charge < -0.3 is 9.64 Å². The van der Waals surface area contributed by atoms with Crippen molar-refractivity contribution in [2.24, 2.45) is 0 Å². The SMILES string of the molecule is CCN(CC)C(=O)Cc1cc(OC)ccc1Br. The van der Waals surface area contributed by atoms with Gasteiger partial charge in [-0.2, -0.15) is 0 Å². The first-order valence-corrected chi connectivity index (χ1v) is 6.51. The summed E-state index contributed by atoms with van der Waals surface area (Å²) in [4.78, 5) is 13.8. The maximum absolute atomic E-state index is 12.0. The number of rotatable bonds is 5. The number of likely N-dealkylation sites (N-methyl/N-ethyl adjacent to an activating group) is 1. The van der Waals surface area contributed by atoms with Crippen LogP contribution < -0.4 is 4.74 Å². The summed E-state index contributed by atoms with van der Waals surface area (Å²) in [5, 5.41) is 0. The molecule has 1 aromatic rings. The first-order chi connectivity index (χ1) is 8.12. The summed E-state index contributed by atoms with van der Waals surface area (Å²) in [6, 6.07) is 5.67. The molecule has 0 bridgehead atoms. The first-order valence-electron chi connectivity index (χ1n) is 5.72. The van der Waals surface area contributed by atoms with Crippen LogP contribution in [0.25, 0.3) is 0 Å². The Morgan fingerprint density at radius 1 is 1.35 bits per heavy atom. The highest BCUT2D eigenvalue weighted by Gasteiger charge is 2.12. The van der Waals surface area contributed by atoms with Crippen molar-refractivity contribution in [2.45, 2.75) is 20.3 Å². The Labute approximate surface area is 111 Å². The van der Waals surface area contributed by atoms with E-state index in [2.05, 4.69) is 15.9 Å². The summed E-state index contributed by atoms with van der Waals surface area (Å²) in [5.41, 5.74) is 0.959. The average Bonchev–Trinajstić information content (AvgIpc) is 2.33. The van der Waals surface area contributed by atoms with Gasteiger partial charge in [0, 0.05) is 17.6 Å². The van der Waals surface area contributed by atoms with Crippen molar-refractivity contribution >= 4 is 21.8 Å². The predicted molar refractivity (Wildman–Crippen MR) is 72.3 cm³/mol. The van der Waals surface area contributed by atoms with Gasteiger partial charge in [0.05, 0.1) is 13.5 Å². The molecule has 0 radical (unpaired) electrons. The second-order valence-electron chi connectivity index (χ2n) is 3.70. The number of halogens is 1. The van der Waals surface area contributed by atoms with Crippen LogP contribution in [-0.2, 0) is 11.2 Å². The highest BCUT2D eigenvalue weighted by molar-refractivity contribution is 9.10. The molecule has 0 heterocycles. The van der Waals surface area contributed by atoms with Crippen molar-refractivity contribution in [1.82, 2.24) is 4.90 Å². The lowest BCUT2D eigenvalue weighted by atomic mass is 10.1. The Kier molecular flexibility index (Phi) is 5.48. The molecule has 0 saturated carbocycles. The van der Waals surface area contributed by atoms with Crippen LogP contribution in [0.5, 0.6) is 5.75 Å². The third-order valence-electron chi connectivity index (χ3n) is 2.71. The summed E-state index contributed by atoms with van der Waals surface area (Å²) in [6.07, 6.45) is 0.402. The number of carbonyl (C=O) groups excluding carboxylic acids is 1. The summed E-state index contributed by atoms with van der Waals surface area (Å²) >= 11 is 3.45. The minimum Gasteiger partial charge on any atom is -0.497 e. The summed E-state index contributed by atoms with van der Waals surface area (Å²) in [7, 11) is 1.62. The number of hydrogen-bond acceptors (Lipinski definition) is 2. The van der Waals surface area contributed by atoms with Crippen molar-refractivity contribution in [3.63, 3.8) is 0 Å². The molecule has 0 aliphatic carbocycles. The van der Waals surface area contributed by atoms with Crippen LogP contribution in [0.4, 0.5) is 0 Å². The Morgan fingerprint density at radius 2 is 2.00 bits per heavy atom. The van der Waals surface area contributed by atoms with E-state index in [-0.39, 0.29) is 5.91 Å². The number of amides is 1. The molecule has 0 spiro atoms. The van der Waals surface area contributed by atoms with Gasteiger partial charge in [0.1, 0.15) is 5.75 Å². The second kappa shape index (κ2) is 6.64. The van der Waals surface area contributed by atoms with Gasteiger partial charge in [0.25, 0.3) is 0 Å². The fourth-order valence-corrected chi connectivity index (χ4v) is 2.05. The lowest BCUT2D eigenvalue weighted by Crippen LogP contribution is -2.31. The first kappa shape index (κ1) is 14.0. The zero-order valence-corrected chi connectivity index (χ0v) is 12.1. The van der Waals surface area contributed by atoms with Crippen LogP contribution in [0.15, 0.2) is 22.7 Å². The predicted octanol–water partition coefficient (Wildman–Crippen LogP) is 2.87. The van der Waals surface area contributed by atoms with E-state index in [0.717, 1.165) is 28.9 Å². The summed E-state index contributed by atoms with van der Waals surface area (Å²) < 4.78 is 6.10. The quantitative estimate of drug-likeness (QED) is 0.837. The van der Waals surface area contributed by atoms with Gasteiger partial charge in [0.15, 0.2) is 0 Å². The molecule has 4 heteroatoms. The molecule has 0 aromatic heterocycles. The molecule has 0 unspecified atom stereocenters. The zero-order valence-electron chi connectivity index (χ0n) is 10.5. The van der Waals surface area contributed by atoms with E-state index in [1.54, 1.807) is 7.11 Å². The number of benzene rings is 1. The van der Waals surface area contributed by atoms with Crippen LogP contribution in [0.1, 0.15) is 19.4 Å². The fourth-order valence-electron chi connectivity index (χ4n) is 1.66. The van der Waals surface area contributed by atoms with Crippen LogP contribution in [-0.4, -0.2) is 31.0 Å². The molecule has 0 fully saturated rings. The highest BCUT2D eigenvalue weighted by atomic mass is 79.9.